The quantitative estimate of drug-likeness (QED) is 0.677. The molecule has 0 saturated carbocycles. The summed E-state index contributed by atoms with van der Waals surface area (Å²) in [5.41, 5.74) is 0.988. The van der Waals surface area contributed by atoms with Gasteiger partial charge >= 0.3 is 0 Å². The molecular formula is C15H24BrNO. The topological polar surface area (TPSA) is 32.3 Å². The summed E-state index contributed by atoms with van der Waals surface area (Å²) in [5, 5.41) is 13.4. The van der Waals surface area contributed by atoms with Gasteiger partial charge in [-0.05, 0) is 37.6 Å². The van der Waals surface area contributed by atoms with E-state index in [2.05, 4.69) is 35.1 Å². The molecule has 0 heterocycles. The SMILES string of the molecule is CCCCCCNC(CC)c1cc(Br)ccc1O. The molecule has 0 amide bonds. The number of phenolic OH excluding ortho intramolecular Hbond substituents is 1. The predicted octanol–water partition coefficient (Wildman–Crippen LogP) is 4.78. The first kappa shape index (κ1) is 15.5. The van der Waals surface area contributed by atoms with E-state index < -0.39 is 0 Å². The molecule has 0 aromatic heterocycles. The van der Waals surface area contributed by atoms with Crippen LogP contribution in [0.5, 0.6) is 5.75 Å². The van der Waals surface area contributed by atoms with E-state index in [1.807, 2.05) is 12.1 Å². The molecule has 1 aromatic rings. The van der Waals surface area contributed by atoms with Gasteiger partial charge in [-0.2, -0.15) is 0 Å². The smallest absolute Gasteiger partial charge is 0.120 e. The van der Waals surface area contributed by atoms with Gasteiger partial charge in [-0.15, -0.1) is 0 Å². The fraction of sp³-hybridized carbons (Fsp3) is 0.600. The Morgan fingerprint density at radius 2 is 2.00 bits per heavy atom. The Bertz CT molecular complexity index is 354. The lowest BCUT2D eigenvalue weighted by atomic mass is 10.0. The number of unbranched alkanes of at least 4 members (excludes halogenated alkanes) is 3. The first-order valence-electron chi connectivity index (χ1n) is 6.90. The third-order valence-electron chi connectivity index (χ3n) is 3.19. The van der Waals surface area contributed by atoms with Gasteiger partial charge < -0.3 is 10.4 Å². The van der Waals surface area contributed by atoms with Crippen molar-refractivity contribution in [2.45, 2.75) is 52.0 Å². The lowest BCUT2D eigenvalue weighted by Gasteiger charge is -2.19. The van der Waals surface area contributed by atoms with E-state index in [1.165, 1.54) is 25.7 Å². The van der Waals surface area contributed by atoms with Gasteiger partial charge in [-0.25, -0.2) is 0 Å². The monoisotopic (exact) mass is 313 g/mol. The van der Waals surface area contributed by atoms with Gasteiger partial charge in [0.15, 0.2) is 0 Å². The molecule has 0 aliphatic rings. The van der Waals surface area contributed by atoms with Crippen molar-refractivity contribution >= 4 is 15.9 Å². The van der Waals surface area contributed by atoms with Crippen LogP contribution in [0, 0.1) is 0 Å². The third kappa shape index (κ3) is 4.99. The number of hydrogen-bond acceptors (Lipinski definition) is 2. The van der Waals surface area contributed by atoms with E-state index in [9.17, 15) is 5.11 Å². The Morgan fingerprint density at radius 1 is 1.22 bits per heavy atom. The standard InChI is InChI=1S/C15H24BrNO/c1-3-5-6-7-10-17-14(4-2)13-11-12(16)8-9-15(13)18/h8-9,11,14,17-18H,3-7,10H2,1-2H3. The summed E-state index contributed by atoms with van der Waals surface area (Å²) in [6.45, 7) is 5.39. The van der Waals surface area contributed by atoms with Crippen LogP contribution in [0.25, 0.3) is 0 Å². The average molecular weight is 314 g/mol. The van der Waals surface area contributed by atoms with E-state index in [1.54, 1.807) is 6.07 Å². The number of halogens is 1. The Kier molecular flexibility index (Phi) is 7.36. The fourth-order valence-electron chi connectivity index (χ4n) is 2.11. The van der Waals surface area contributed by atoms with Gasteiger partial charge in [0.2, 0.25) is 0 Å². The van der Waals surface area contributed by atoms with Crippen molar-refractivity contribution in [1.82, 2.24) is 5.32 Å². The second-order valence-corrected chi connectivity index (χ2v) is 5.59. The molecule has 1 rings (SSSR count). The van der Waals surface area contributed by atoms with Gasteiger partial charge in [-0.3, -0.25) is 0 Å². The first-order chi connectivity index (χ1) is 8.69. The predicted molar refractivity (Wildman–Crippen MR) is 81.0 cm³/mol. The van der Waals surface area contributed by atoms with Crippen molar-refractivity contribution in [1.29, 1.82) is 0 Å². The molecule has 1 aromatic carbocycles. The maximum absolute atomic E-state index is 9.92. The molecule has 2 nitrogen and oxygen atoms in total. The van der Waals surface area contributed by atoms with Crippen molar-refractivity contribution in [3.8, 4) is 5.75 Å². The molecule has 1 atom stereocenters. The summed E-state index contributed by atoms with van der Waals surface area (Å²) in [5.74, 6) is 0.381. The summed E-state index contributed by atoms with van der Waals surface area (Å²) >= 11 is 3.46. The molecule has 102 valence electrons. The first-order valence-corrected chi connectivity index (χ1v) is 7.70. The van der Waals surface area contributed by atoms with Crippen molar-refractivity contribution in [2.75, 3.05) is 6.54 Å². The number of aromatic hydroxyl groups is 1. The zero-order valence-electron chi connectivity index (χ0n) is 11.4. The molecule has 0 saturated heterocycles. The van der Waals surface area contributed by atoms with Crippen molar-refractivity contribution < 1.29 is 5.11 Å². The summed E-state index contributed by atoms with van der Waals surface area (Å²) < 4.78 is 1.02. The van der Waals surface area contributed by atoms with Crippen LogP contribution in [0.1, 0.15) is 57.6 Å². The van der Waals surface area contributed by atoms with E-state index >= 15 is 0 Å². The fourth-order valence-corrected chi connectivity index (χ4v) is 2.49. The number of rotatable bonds is 8. The Morgan fingerprint density at radius 3 is 2.67 bits per heavy atom. The summed E-state index contributed by atoms with van der Waals surface area (Å²) in [4.78, 5) is 0. The van der Waals surface area contributed by atoms with Crippen LogP contribution < -0.4 is 5.32 Å². The van der Waals surface area contributed by atoms with Crippen molar-refractivity contribution in [2.24, 2.45) is 0 Å². The third-order valence-corrected chi connectivity index (χ3v) is 3.69. The molecule has 1 unspecified atom stereocenters. The van der Waals surface area contributed by atoms with E-state index in [-0.39, 0.29) is 6.04 Å². The van der Waals surface area contributed by atoms with E-state index in [0.717, 1.165) is 23.0 Å². The van der Waals surface area contributed by atoms with Crippen LogP contribution in [-0.2, 0) is 0 Å². The minimum Gasteiger partial charge on any atom is -0.508 e. The average Bonchev–Trinajstić information content (AvgIpc) is 2.37. The number of phenols is 1. The van der Waals surface area contributed by atoms with Crippen molar-refractivity contribution in [3.05, 3.63) is 28.2 Å². The lowest BCUT2D eigenvalue weighted by Crippen LogP contribution is -2.22. The number of nitrogens with one attached hydrogen (secondary N) is 1. The molecule has 18 heavy (non-hydrogen) atoms. The molecule has 2 N–H and O–H groups in total. The van der Waals surface area contributed by atoms with Crippen LogP contribution in [0.2, 0.25) is 0 Å². The van der Waals surface area contributed by atoms with Crippen LogP contribution in [0.4, 0.5) is 0 Å². The number of benzene rings is 1. The zero-order chi connectivity index (χ0) is 13.4. The maximum Gasteiger partial charge on any atom is 0.120 e. The molecule has 0 radical (unpaired) electrons. The molecule has 3 heteroatoms. The maximum atomic E-state index is 9.92. The van der Waals surface area contributed by atoms with Crippen LogP contribution >= 0.6 is 15.9 Å². The van der Waals surface area contributed by atoms with Crippen LogP contribution in [0.15, 0.2) is 22.7 Å². The summed E-state index contributed by atoms with van der Waals surface area (Å²) in [6, 6.07) is 5.86. The second kappa shape index (κ2) is 8.54. The highest BCUT2D eigenvalue weighted by Crippen LogP contribution is 2.29. The van der Waals surface area contributed by atoms with Crippen molar-refractivity contribution in [3.63, 3.8) is 0 Å². The highest BCUT2D eigenvalue weighted by atomic mass is 79.9. The van der Waals surface area contributed by atoms with Gasteiger partial charge in [0, 0.05) is 16.1 Å². The second-order valence-electron chi connectivity index (χ2n) is 4.68. The van der Waals surface area contributed by atoms with Crippen LogP contribution in [0.3, 0.4) is 0 Å². The number of hydrogen-bond donors (Lipinski definition) is 2. The van der Waals surface area contributed by atoms with E-state index in [4.69, 9.17) is 0 Å². The molecule has 0 fully saturated rings. The largest absolute Gasteiger partial charge is 0.508 e. The Hall–Kier alpha value is -0.540. The molecule has 0 aliphatic heterocycles. The zero-order valence-corrected chi connectivity index (χ0v) is 13.0. The minimum absolute atomic E-state index is 0.240. The molecule has 0 aliphatic carbocycles. The minimum atomic E-state index is 0.240. The Balaban J connectivity index is 2.52. The lowest BCUT2D eigenvalue weighted by molar-refractivity contribution is 0.437. The molecule has 0 spiro atoms. The Labute approximate surface area is 119 Å². The van der Waals surface area contributed by atoms with Gasteiger partial charge in [0.05, 0.1) is 0 Å². The molecule has 0 bridgehead atoms. The normalized spacial score (nSPS) is 12.6. The van der Waals surface area contributed by atoms with Gasteiger partial charge in [0.1, 0.15) is 5.75 Å². The molecular weight excluding hydrogens is 290 g/mol. The highest BCUT2D eigenvalue weighted by Gasteiger charge is 2.12. The summed E-state index contributed by atoms with van der Waals surface area (Å²) in [7, 11) is 0. The van der Waals surface area contributed by atoms with Gasteiger partial charge in [0.25, 0.3) is 0 Å². The van der Waals surface area contributed by atoms with Crippen LogP contribution in [-0.4, -0.2) is 11.7 Å². The van der Waals surface area contributed by atoms with E-state index in [0.29, 0.717) is 5.75 Å². The van der Waals surface area contributed by atoms with Gasteiger partial charge in [-0.1, -0.05) is 49.0 Å². The summed E-state index contributed by atoms with van der Waals surface area (Å²) in [6.07, 6.45) is 6.05. The highest BCUT2D eigenvalue weighted by molar-refractivity contribution is 9.10.